The van der Waals surface area contributed by atoms with Gasteiger partial charge in [-0.25, -0.2) is 9.97 Å². The molecule has 1 amide bonds. The van der Waals surface area contributed by atoms with Gasteiger partial charge in [-0.15, -0.1) is 0 Å². The van der Waals surface area contributed by atoms with Crippen molar-refractivity contribution in [1.82, 2.24) is 19.4 Å². The van der Waals surface area contributed by atoms with E-state index in [9.17, 15) is 4.79 Å². The second-order valence-electron chi connectivity index (χ2n) is 6.16. The van der Waals surface area contributed by atoms with E-state index < -0.39 is 0 Å². The third-order valence-electron chi connectivity index (χ3n) is 4.66. The van der Waals surface area contributed by atoms with E-state index in [1.165, 1.54) is 6.39 Å². The van der Waals surface area contributed by atoms with E-state index in [4.69, 9.17) is 8.83 Å². The monoisotopic (exact) mass is 340 g/mol. The third-order valence-corrected chi connectivity index (χ3v) is 4.66. The van der Waals surface area contributed by atoms with Crippen LogP contribution in [0, 0.1) is 0 Å². The van der Waals surface area contributed by atoms with Gasteiger partial charge in [0.25, 0.3) is 5.91 Å². The minimum Gasteiger partial charge on any atom is -0.461 e. The maximum Gasteiger partial charge on any atom is 0.276 e. The fourth-order valence-electron chi connectivity index (χ4n) is 3.45. The summed E-state index contributed by atoms with van der Waals surface area (Å²) in [6.07, 6.45) is 9.53. The molecular formula is C18H20N4O3. The lowest BCUT2D eigenvalue weighted by molar-refractivity contribution is 0.0672. The first-order chi connectivity index (χ1) is 12.3. The van der Waals surface area contributed by atoms with Gasteiger partial charge in [0.15, 0.2) is 17.8 Å². The number of imidazole rings is 1. The first kappa shape index (κ1) is 15.7. The van der Waals surface area contributed by atoms with Gasteiger partial charge in [0.1, 0.15) is 5.82 Å². The number of likely N-dealkylation sites (tertiary alicyclic amines) is 1. The fraction of sp³-hybridized carbons (Fsp3) is 0.389. The van der Waals surface area contributed by atoms with Crippen molar-refractivity contribution in [3.05, 3.63) is 48.7 Å². The van der Waals surface area contributed by atoms with Crippen LogP contribution in [0.1, 0.15) is 42.1 Å². The van der Waals surface area contributed by atoms with Crippen LogP contribution >= 0.6 is 0 Å². The summed E-state index contributed by atoms with van der Waals surface area (Å²) in [4.78, 5) is 23.4. The minimum absolute atomic E-state index is 0.122. The second-order valence-corrected chi connectivity index (χ2v) is 6.16. The second kappa shape index (κ2) is 6.58. The van der Waals surface area contributed by atoms with E-state index in [0.717, 1.165) is 31.6 Å². The van der Waals surface area contributed by atoms with Gasteiger partial charge in [-0.05, 0) is 25.0 Å². The van der Waals surface area contributed by atoms with Gasteiger partial charge in [0.05, 0.1) is 12.3 Å². The first-order valence-corrected chi connectivity index (χ1v) is 8.56. The smallest absolute Gasteiger partial charge is 0.276 e. The Bertz CT molecular complexity index is 849. The highest BCUT2D eigenvalue weighted by atomic mass is 16.4. The normalized spacial score (nSPS) is 17.8. The molecule has 25 heavy (non-hydrogen) atoms. The molecule has 7 nitrogen and oxygen atoms in total. The number of aryl methyl sites for hydroxylation is 1. The predicted octanol–water partition coefficient (Wildman–Crippen LogP) is 3.17. The van der Waals surface area contributed by atoms with E-state index in [2.05, 4.69) is 21.5 Å². The van der Waals surface area contributed by atoms with Crippen LogP contribution in [0.4, 0.5) is 0 Å². The van der Waals surface area contributed by atoms with Crippen molar-refractivity contribution in [3.8, 4) is 11.5 Å². The lowest BCUT2D eigenvalue weighted by atomic mass is 10.0. The molecule has 1 atom stereocenters. The van der Waals surface area contributed by atoms with Crippen LogP contribution in [0.15, 0.2) is 46.0 Å². The molecule has 0 spiro atoms. The average molecular weight is 340 g/mol. The Morgan fingerprint density at radius 3 is 3.08 bits per heavy atom. The highest BCUT2D eigenvalue weighted by molar-refractivity contribution is 5.97. The van der Waals surface area contributed by atoms with Gasteiger partial charge in [-0.1, -0.05) is 6.92 Å². The number of aromatic nitrogens is 3. The Balaban J connectivity index is 1.56. The molecule has 1 aliphatic rings. The van der Waals surface area contributed by atoms with Crippen LogP contribution in [0.3, 0.4) is 0 Å². The standard InChI is InChI=1S/C18H20N4O3/c1-2-15-19-7-9-22(15)13-5-3-8-21(11-13)18(23)16-17(25-12-20-16)14-6-4-10-24-14/h4,6-7,9-10,12-13H,2-3,5,8,11H2,1H3. The van der Waals surface area contributed by atoms with Gasteiger partial charge in [-0.3, -0.25) is 4.79 Å². The predicted molar refractivity (Wildman–Crippen MR) is 90.0 cm³/mol. The Morgan fingerprint density at radius 2 is 2.28 bits per heavy atom. The summed E-state index contributed by atoms with van der Waals surface area (Å²) in [6, 6.07) is 3.76. The number of carbonyl (C=O) groups excluding carboxylic acids is 1. The van der Waals surface area contributed by atoms with Crippen molar-refractivity contribution in [2.45, 2.75) is 32.2 Å². The first-order valence-electron chi connectivity index (χ1n) is 8.56. The van der Waals surface area contributed by atoms with Crippen LogP contribution in [-0.4, -0.2) is 38.4 Å². The number of furan rings is 1. The SMILES string of the molecule is CCc1nccn1C1CCCN(C(=O)c2ncoc2-c2ccco2)C1. The van der Waals surface area contributed by atoms with Crippen molar-refractivity contribution in [3.63, 3.8) is 0 Å². The van der Waals surface area contributed by atoms with Gasteiger partial charge in [0.2, 0.25) is 5.76 Å². The van der Waals surface area contributed by atoms with E-state index in [-0.39, 0.29) is 11.9 Å². The largest absolute Gasteiger partial charge is 0.461 e. The Hall–Kier alpha value is -2.83. The van der Waals surface area contributed by atoms with E-state index >= 15 is 0 Å². The summed E-state index contributed by atoms with van der Waals surface area (Å²) in [5.74, 6) is 1.83. The van der Waals surface area contributed by atoms with Crippen LogP contribution in [0.2, 0.25) is 0 Å². The molecule has 1 aliphatic heterocycles. The Morgan fingerprint density at radius 1 is 1.36 bits per heavy atom. The lowest BCUT2D eigenvalue weighted by Crippen LogP contribution is -2.41. The summed E-state index contributed by atoms with van der Waals surface area (Å²) in [5, 5.41) is 0. The highest BCUT2D eigenvalue weighted by Gasteiger charge is 2.30. The zero-order valence-corrected chi connectivity index (χ0v) is 14.1. The van der Waals surface area contributed by atoms with E-state index in [0.29, 0.717) is 23.8 Å². The summed E-state index contributed by atoms with van der Waals surface area (Å²) < 4.78 is 12.9. The van der Waals surface area contributed by atoms with Gasteiger partial charge in [0, 0.05) is 31.9 Å². The van der Waals surface area contributed by atoms with Crippen molar-refractivity contribution < 1.29 is 13.6 Å². The minimum atomic E-state index is -0.122. The molecule has 0 bridgehead atoms. The Labute approximate surface area is 145 Å². The maximum absolute atomic E-state index is 13.0. The van der Waals surface area contributed by atoms with Crippen molar-refractivity contribution in [2.24, 2.45) is 0 Å². The van der Waals surface area contributed by atoms with Crippen LogP contribution in [0.25, 0.3) is 11.5 Å². The van der Waals surface area contributed by atoms with Crippen molar-refractivity contribution in [2.75, 3.05) is 13.1 Å². The molecule has 1 fully saturated rings. The van der Waals surface area contributed by atoms with Gasteiger partial charge in [-0.2, -0.15) is 0 Å². The molecule has 3 aromatic heterocycles. The van der Waals surface area contributed by atoms with Gasteiger partial charge < -0.3 is 18.3 Å². The molecule has 130 valence electrons. The molecule has 0 radical (unpaired) electrons. The topological polar surface area (TPSA) is 77.3 Å². The maximum atomic E-state index is 13.0. The van der Waals surface area contributed by atoms with E-state index in [1.807, 2.05) is 17.3 Å². The summed E-state index contributed by atoms with van der Waals surface area (Å²) in [6.45, 7) is 3.46. The molecule has 4 rings (SSSR count). The molecule has 0 N–H and O–H groups in total. The molecule has 1 unspecified atom stereocenters. The van der Waals surface area contributed by atoms with Crippen LogP contribution in [0.5, 0.6) is 0 Å². The number of rotatable bonds is 4. The number of oxazole rings is 1. The highest BCUT2D eigenvalue weighted by Crippen LogP contribution is 2.28. The van der Waals surface area contributed by atoms with Gasteiger partial charge >= 0.3 is 0 Å². The number of carbonyl (C=O) groups is 1. The summed E-state index contributed by atoms with van der Waals surface area (Å²) in [7, 11) is 0. The van der Waals surface area contributed by atoms with Crippen LogP contribution < -0.4 is 0 Å². The van der Waals surface area contributed by atoms with Crippen molar-refractivity contribution >= 4 is 5.91 Å². The zero-order valence-electron chi connectivity index (χ0n) is 14.1. The van der Waals surface area contributed by atoms with Crippen molar-refractivity contribution in [1.29, 1.82) is 0 Å². The molecule has 1 saturated heterocycles. The molecule has 0 aromatic carbocycles. The molecule has 3 aromatic rings. The number of piperidine rings is 1. The molecule has 7 heteroatoms. The summed E-state index contributed by atoms with van der Waals surface area (Å²) >= 11 is 0. The lowest BCUT2D eigenvalue weighted by Gasteiger charge is -2.33. The molecule has 0 aliphatic carbocycles. The Kier molecular flexibility index (Phi) is 4.13. The zero-order chi connectivity index (χ0) is 17.2. The summed E-state index contributed by atoms with van der Waals surface area (Å²) in [5.41, 5.74) is 0.303. The third kappa shape index (κ3) is 2.86. The van der Waals surface area contributed by atoms with Crippen LogP contribution in [-0.2, 0) is 6.42 Å². The molecule has 0 saturated carbocycles. The number of hydrogen-bond donors (Lipinski definition) is 0. The molecular weight excluding hydrogens is 320 g/mol. The number of amides is 1. The quantitative estimate of drug-likeness (QED) is 0.729. The number of nitrogens with zero attached hydrogens (tertiary/aromatic N) is 4. The average Bonchev–Trinajstić information content (AvgIpc) is 3.41. The number of hydrogen-bond acceptors (Lipinski definition) is 5. The fourth-order valence-corrected chi connectivity index (χ4v) is 3.45. The molecule has 4 heterocycles. The van der Waals surface area contributed by atoms with E-state index in [1.54, 1.807) is 18.4 Å².